The smallest absolute Gasteiger partial charge is 0.362 e. The standard InChI is InChI=1S/C22H16N2O6S/c1-13(28-20(26)15-5-3-2-4-6-15)29-21(27)19-22(31-18-11-17(25)24(18)19)30-16-9-7-14(12-23)8-10-16/h2-10,13,18H,11H2,1H3/t13-,18-/m1/s1. The fourth-order valence-corrected chi connectivity index (χ4v) is 4.25. The number of nitriles is 1. The number of nitrogens with zero attached hydrogens (tertiary/aromatic N) is 2. The third-order valence-electron chi connectivity index (χ3n) is 4.53. The van der Waals surface area contributed by atoms with Gasteiger partial charge in [-0.25, -0.2) is 9.59 Å². The van der Waals surface area contributed by atoms with E-state index in [9.17, 15) is 14.4 Å². The molecule has 2 aliphatic heterocycles. The van der Waals surface area contributed by atoms with E-state index < -0.39 is 18.2 Å². The van der Waals surface area contributed by atoms with Crippen LogP contribution in [-0.4, -0.2) is 34.4 Å². The molecule has 2 heterocycles. The lowest BCUT2D eigenvalue weighted by Gasteiger charge is -2.34. The highest BCUT2D eigenvalue weighted by atomic mass is 32.2. The average molecular weight is 436 g/mol. The Morgan fingerprint density at radius 3 is 2.42 bits per heavy atom. The summed E-state index contributed by atoms with van der Waals surface area (Å²) in [5.41, 5.74) is 0.759. The molecule has 0 saturated carbocycles. The van der Waals surface area contributed by atoms with Crippen molar-refractivity contribution >= 4 is 29.6 Å². The van der Waals surface area contributed by atoms with Gasteiger partial charge in [-0.05, 0) is 36.4 Å². The summed E-state index contributed by atoms with van der Waals surface area (Å²) in [5, 5.41) is 8.88. The van der Waals surface area contributed by atoms with Gasteiger partial charge >= 0.3 is 11.9 Å². The van der Waals surface area contributed by atoms with E-state index in [-0.39, 0.29) is 28.5 Å². The van der Waals surface area contributed by atoms with Gasteiger partial charge in [0.15, 0.2) is 10.8 Å². The number of esters is 2. The molecule has 1 fully saturated rings. The Hall–Kier alpha value is -3.77. The average Bonchev–Trinajstić information content (AvgIpc) is 3.06. The first-order chi connectivity index (χ1) is 15.0. The quantitative estimate of drug-likeness (QED) is 0.386. The normalized spacial score (nSPS) is 17.9. The van der Waals surface area contributed by atoms with Gasteiger partial charge in [0.05, 0.1) is 29.0 Å². The summed E-state index contributed by atoms with van der Waals surface area (Å²) >= 11 is 1.23. The van der Waals surface area contributed by atoms with E-state index in [0.29, 0.717) is 16.9 Å². The molecule has 0 radical (unpaired) electrons. The second-order valence-electron chi connectivity index (χ2n) is 6.66. The molecule has 156 valence electrons. The van der Waals surface area contributed by atoms with Crippen molar-refractivity contribution in [2.24, 2.45) is 0 Å². The molecule has 4 rings (SSSR count). The third-order valence-corrected chi connectivity index (χ3v) is 5.67. The van der Waals surface area contributed by atoms with Gasteiger partial charge in [0.25, 0.3) is 0 Å². The summed E-state index contributed by atoms with van der Waals surface area (Å²) in [6.07, 6.45) is -0.899. The minimum absolute atomic E-state index is 0.0294. The van der Waals surface area contributed by atoms with Gasteiger partial charge < -0.3 is 14.2 Å². The number of hydrogen-bond acceptors (Lipinski definition) is 8. The lowest BCUT2D eigenvalue weighted by molar-refractivity contribution is -0.165. The Labute approximate surface area is 182 Å². The summed E-state index contributed by atoms with van der Waals surface area (Å²) in [7, 11) is 0. The maximum absolute atomic E-state index is 12.8. The monoisotopic (exact) mass is 436 g/mol. The molecular weight excluding hydrogens is 420 g/mol. The minimum Gasteiger partial charge on any atom is -0.448 e. The summed E-state index contributed by atoms with van der Waals surface area (Å²) in [6.45, 7) is 1.41. The van der Waals surface area contributed by atoms with Crippen LogP contribution in [0.1, 0.15) is 29.3 Å². The van der Waals surface area contributed by atoms with Crippen LogP contribution in [0.5, 0.6) is 5.75 Å². The molecule has 1 amide bonds. The van der Waals surface area contributed by atoms with E-state index >= 15 is 0 Å². The van der Waals surface area contributed by atoms with Crippen molar-refractivity contribution in [2.75, 3.05) is 0 Å². The number of carbonyl (C=O) groups excluding carboxylic acids is 3. The minimum atomic E-state index is -1.18. The number of benzene rings is 2. The molecule has 0 N–H and O–H groups in total. The lowest BCUT2D eigenvalue weighted by atomic mass is 10.2. The van der Waals surface area contributed by atoms with Crippen molar-refractivity contribution in [1.82, 2.24) is 4.90 Å². The Morgan fingerprint density at radius 2 is 1.77 bits per heavy atom. The molecule has 9 heteroatoms. The highest BCUT2D eigenvalue weighted by molar-refractivity contribution is 8.03. The van der Waals surface area contributed by atoms with Gasteiger partial charge in [0.2, 0.25) is 12.2 Å². The number of amides is 1. The predicted octanol–water partition coefficient (Wildman–Crippen LogP) is 3.16. The van der Waals surface area contributed by atoms with Crippen LogP contribution in [0.25, 0.3) is 0 Å². The summed E-state index contributed by atoms with van der Waals surface area (Å²) in [5.74, 6) is -1.29. The Kier molecular flexibility index (Phi) is 5.64. The molecule has 8 nitrogen and oxygen atoms in total. The number of carbonyl (C=O) groups is 3. The zero-order chi connectivity index (χ0) is 22.0. The van der Waals surface area contributed by atoms with Crippen LogP contribution < -0.4 is 4.74 Å². The number of ether oxygens (including phenoxy) is 3. The highest BCUT2D eigenvalue weighted by Crippen LogP contribution is 2.47. The summed E-state index contributed by atoms with van der Waals surface area (Å²) in [4.78, 5) is 38.3. The molecule has 0 aromatic heterocycles. The van der Waals surface area contributed by atoms with Crippen LogP contribution in [-0.2, 0) is 19.1 Å². The highest BCUT2D eigenvalue weighted by Gasteiger charge is 2.50. The van der Waals surface area contributed by atoms with Gasteiger partial charge in [-0.2, -0.15) is 5.26 Å². The Morgan fingerprint density at radius 1 is 1.10 bits per heavy atom. The lowest BCUT2D eigenvalue weighted by Crippen LogP contribution is -2.49. The number of thioether (sulfide) groups is 1. The first-order valence-electron chi connectivity index (χ1n) is 9.34. The van der Waals surface area contributed by atoms with E-state index in [1.54, 1.807) is 54.6 Å². The first kappa shape index (κ1) is 20.5. The molecule has 2 atom stereocenters. The topological polar surface area (TPSA) is 106 Å². The molecule has 2 aromatic rings. The second-order valence-corrected chi connectivity index (χ2v) is 7.81. The van der Waals surface area contributed by atoms with Crippen LogP contribution in [0, 0.1) is 11.3 Å². The van der Waals surface area contributed by atoms with Crippen LogP contribution in [0.3, 0.4) is 0 Å². The van der Waals surface area contributed by atoms with E-state index in [1.807, 2.05) is 6.07 Å². The predicted molar refractivity (Wildman–Crippen MR) is 109 cm³/mol. The SMILES string of the molecule is C[C@@H](OC(=O)C1=C(Oc2ccc(C#N)cc2)S[C@@H]2CC(=O)N12)OC(=O)c1ccccc1. The van der Waals surface area contributed by atoms with Crippen LogP contribution in [0.4, 0.5) is 0 Å². The van der Waals surface area contributed by atoms with Crippen LogP contribution >= 0.6 is 11.8 Å². The summed E-state index contributed by atoms with van der Waals surface area (Å²) in [6, 6.07) is 16.7. The van der Waals surface area contributed by atoms with Crippen molar-refractivity contribution in [1.29, 1.82) is 5.26 Å². The van der Waals surface area contributed by atoms with Crippen LogP contribution in [0.15, 0.2) is 65.4 Å². The molecule has 0 spiro atoms. The number of fused-ring (bicyclic) bond motifs is 1. The summed E-state index contributed by atoms with van der Waals surface area (Å²) < 4.78 is 16.2. The molecule has 2 aromatic carbocycles. The Bertz CT molecular complexity index is 1110. The maximum atomic E-state index is 12.8. The van der Waals surface area contributed by atoms with E-state index in [4.69, 9.17) is 19.5 Å². The van der Waals surface area contributed by atoms with E-state index in [0.717, 1.165) is 0 Å². The van der Waals surface area contributed by atoms with Crippen molar-refractivity contribution in [3.63, 3.8) is 0 Å². The number of β-lactam (4-membered cyclic amide) rings is 1. The molecule has 2 aliphatic rings. The second kappa shape index (κ2) is 8.53. The van der Waals surface area contributed by atoms with Gasteiger partial charge in [0.1, 0.15) is 5.75 Å². The molecule has 1 saturated heterocycles. The van der Waals surface area contributed by atoms with Crippen molar-refractivity contribution in [3.05, 3.63) is 76.5 Å². The fourth-order valence-electron chi connectivity index (χ4n) is 3.01. The number of rotatable bonds is 6. The van der Waals surface area contributed by atoms with Gasteiger partial charge in [-0.1, -0.05) is 30.0 Å². The molecule has 0 unspecified atom stereocenters. The fraction of sp³-hybridized carbons (Fsp3) is 0.182. The first-order valence-corrected chi connectivity index (χ1v) is 10.2. The van der Waals surface area contributed by atoms with Crippen LogP contribution in [0.2, 0.25) is 0 Å². The van der Waals surface area contributed by atoms with Crippen molar-refractivity contribution in [3.8, 4) is 11.8 Å². The molecule has 0 aliphatic carbocycles. The third kappa shape index (κ3) is 4.25. The maximum Gasteiger partial charge on any atom is 0.362 e. The largest absolute Gasteiger partial charge is 0.448 e. The van der Waals surface area contributed by atoms with Gasteiger partial charge in [-0.15, -0.1) is 0 Å². The zero-order valence-electron chi connectivity index (χ0n) is 16.3. The molecule has 0 bridgehead atoms. The van der Waals surface area contributed by atoms with Crippen molar-refractivity contribution < 1.29 is 28.6 Å². The van der Waals surface area contributed by atoms with E-state index in [2.05, 4.69) is 0 Å². The van der Waals surface area contributed by atoms with Gasteiger partial charge in [0, 0.05) is 6.92 Å². The zero-order valence-corrected chi connectivity index (χ0v) is 17.1. The number of hydrogen-bond donors (Lipinski definition) is 0. The van der Waals surface area contributed by atoms with Crippen molar-refractivity contribution in [2.45, 2.75) is 25.0 Å². The Balaban J connectivity index is 1.48. The van der Waals surface area contributed by atoms with E-state index in [1.165, 1.54) is 23.6 Å². The van der Waals surface area contributed by atoms with Gasteiger partial charge in [-0.3, -0.25) is 9.69 Å². The molecular formula is C22H16N2O6S. The molecule has 31 heavy (non-hydrogen) atoms.